The van der Waals surface area contributed by atoms with Crippen LogP contribution in [0.15, 0.2) is 114 Å². The van der Waals surface area contributed by atoms with Crippen molar-refractivity contribution in [3.8, 4) is 5.75 Å². The first-order chi connectivity index (χ1) is 21.7. The molecule has 4 aromatic rings. The van der Waals surface area contributed by atoms with Gasteiger partial charge in [0.25, 0.3) is 10.0 Å². The molecule has 8 nitrogen and oxygen atoms in total. The van der Waals surface area contributed by atoms with E-state index in [1.54, 1.807) is 36.4 Å². The number of amides is 2. The van der Waals surface area contributed by atoms with Gasteiger partial charge in [-0.1, -0.05) is 85.6 Å². The lowest BCUT2D eigenvalue weighted by Crippen LogP contribution is -2.53. The number of hydrogen-bond donors (Lipinski definition) is 1. The van der Waals surface area contributed by atoms with Crippen LogP contribution in [0.25, 0.3) is 0 Å². The summed E-state index contributed by atoms with van der Waals surface area (Å²) in [5.41, 5.74) is 1.94. The maximum Gasteiger partial charge on any atom is 0.264 e. The minimum Gasteiger partial charge on any atom is -0.497 e. The molecule has 0 radical (unpaired) electrons. The SMILES string of the molecule is CCCCNC(=O)C(Cc1ccccc1)N(Cc1ccccc1)C(=O)CN(c1ccc(Cl)cc1)S(=O)(=O)c1ccc(OC)cc1. The summed E-state index contributed by atoms with van der Waals surface area (Å²) in [6.45, 7) is 2.07. The Labute approximate surface area is 270 Å². The quantitative estimate of drug-likeness (QED) is 0.157. The zero-order valence-electron chi connectivity index (χ0n) is 25.4. The molecule has 0 heterocycles. The summed E-state index contributed by atoms with van der Waals surface area (Å²) in [6, 6.07) is 30.1. The number of carbonyl (C=O) groups excluding carboxylic acids is 2. The van der Waals surface area contributed by atoms with Crippen LogP contribution in [0.1, 0.15) is 30.9 Å². The highest BCUT2D eigenvalue weighted by atomic mass is 35.5. The van der Waals surface area contributed by atoms with Gasteiger partial charge in [-0.2, -0.15) is 0 Å². The van der Waals surface area contributed by atoms with Gasteiger partial charge in [0.15, 0.2) is 0 Å². The lowest BCUT2D eigenvalue weighted by Gasteiger charge is -2.34. The third-order valence-electron chi connectivity index (χ3n) is 7.34. The van der Waals surface area contributed by atoms with Gasteiger partial charge in [-0.3, -0.25) is 13.9 Å². The molecule has 1 unspecified atom stereocenters. The van der Waals surface area contributed by atoms with Gasteiger partial charge in [0.1, 0.15) is 18.3 Å². The topological polar surface area (TPSA) is 96.0 Å². The molecular weight excluding hydrogens is 610 g/mol. The zero-order chi connectivity index (χ0) is 32.2. The molecule has 0 spiro atoms. The number of unbranched alkanes of at least 4 members (excludes halogenated alkanes) is 1. The Morgan fingerprint density at radius 3 is 2.02 bits per heavy atom. The average molecular weight is 648 g/mol. The smallest absolute Gasteiger partial charge is 0.264 e. The molecule has 236 valence electrons. The highest BCUT2D eigenvalue weighted by Gasteiger charge is 2.34. The van der Waals surface area contributed by atoms with Gasteiger partial charge in [0.05, 0.1) is 17.7 Å². The molecule has 1 atom stereocenters. The van der Waals surface area contributed by atoms with E-state index in [0.29, 0.717) is 17.3 Å². The van der Waals surface area contributed by atoms with Crippen molar-refractivity contribution in [1.29, 1.82) is 0 Å². The predicted octanol–water partition coefficient (Wildman–Crippen LogP) is 6.10. The van der Waals surface area contributed by atoms with E-state index in [-0.39, 0.29) is 29.5 Å². The zero-order valence-corrected chi connectivity index (χ0v) is 27.0. The van der Waals surface area contributed by atoms with Crippen LogP contribution in [-0.4, -0.2) is 51.4 Å². The van der Waals surface area contributed by atoms with E-state index < -0.39 is 28.5 Å². The summed E-state index contributed by atoms with van der Waals surface area (Å²) >= 11 is 6.13. The van der Waals surface area contributed by atoms with Gasteiger partial charge >= 0.3 is 0 Å². The fourth-order valence-corrected chi connectivity index (χ4v) is 6.39. The van der Waals surface area contributed by atoms with E-state index >= 15 is 0 Å². The molecule has 0 saturated heterocycles. The highest BCUT2D eigenvalue weighted by molar-refractivity contribution is 7.92. The number of anilines is 1. The lowest BCUT2D eigenvalue weighted by molar-refractivity contribution is -0.140. The molecule has 45 heavy (non-hydrogen) atoms. The standard InChI is InChI=1S/C35H38ClN3O5S/c1-3-4-23-37-35(41)33(24-27-11-7-5-8-12-27)38(25-28-13-9-6-10-14-28)34(40)26-39(30-17-15-29(36)16-18-30)45(42,43)32-21-19-31(44-2)20-22-32/h5-22,33H,3-4,23-26H2,1-2H3,(H,37,41). The molecule has 0 saturated carbocycles. The van der Waals surface area contributed by atoms with E-state index in [4.69, 9.17) is 16.3 Å². The van der Waals surface area contributed by atoms with Gasteiger partial charge in [-0.15, -0.1) is 0 Å². The van der Waals surface area contributed by atoms with Gasteiger partial charge < -0.3 is 15.0 Å². The number of carbonyl (C=O) groups is 2. The lowest BCUT2D eigenvalue weighted by atomic mass is 10.0. The summed E-state index contributed by atoms with van der Waals surface area (Å²) in [7, 11) is -2.74. The minimum atomic E-state index is -4.23. The van der Waals surface area contributed by atoms with Crippen molar-refractivity contribution in [1.82, 2.24) is 10.2 Å². The first-order valence-corrected chi connectivity index (χ1v) is 16.6. The van der Waals surface area contributed by atoms with Gasteiger partial charge in [-0.25, -0.2) is 8.42 Å². The largest absolute Gasteiger partial charge is 0.497 e. The molecule has 0 aromatic heterocycles. The molecule has 2 amide bonds. The van der Waals surface area contributed by atoms with Crippen LogP contribution in [0.3, 0.4) is 0 Å². The molecule has 0 bridgehead atoms. The van der Waals surface area contributed by atoms with Crippen LogP contribution >= 0.6 is 11.6 Å². The van der Waals surface area contributed by atoms with E-state index in [1.165, 1.54) is 24.1 Å². The number of methoxy groups -OCH3 is 1. The number of sulfonamides is 1. The second-order valence-electron chi connectivity index (χ2n) is 10.5. The summed E-state index contributed by atoms with van der Waals surface area (Å²) in [5, 5.41) is 3.41. The molecule has 0 aliphatic rings. The Morgan fingerprint density at radius 1 is 0.844 bits per heavy atom. The van der Waals surface area contributed by atoms with Crippen molar-refractivity contribution < 1.29 is 22.7 Å². The van der Waals surface area contributed by atoms with Gasteiger partial charge in [0, 0.05) is 24.5 Å². The number of nitrogens with one attached hydrogen (secondary N) is 1. The summed E-state index contributed by atoms with van der Waals surface area (Å²) in [6.07, 6.45) is 1.94. The summed E-state index contributed by atoms with van der Waals surface area (Å²) in [5.74, 6) is -0.333. The highest BCUT2D eigenvalue weighted by Crippen LogP contribution is 2.27. The van der Waals surface area contributed by atoms with Crippen LogP contribution in [0, 0.1) is 0 Å². The van der Waals surface area contributed by atoms with Crippen LogP contribution in [-0.2, 0) is 32.6 Å². The van der Waals surface area contributed by atoms with Crippen LogP contribution in [0.5, 0.6) is 5.75 Å². The number of rotatable bonds is 15. The first kappa shape index (κ1) is 33.6. The third kappa shape index (κ3) is 9.09. The Hall–Kier alpha value is -4.34. The molecule has 0 aliphatic carbocycles. The summed E-state index contributed by atoms with van der Waals surface area (Å²) < 4.78 is 34.5. The number of halogens is 1. The van der Waals surface area contributed by atoms with Gasteiger partial charge in [0.2, 0.25) is 11.8 Å². The second-order valence-corrected chi connectivity index (χ2v) is 12.8. The second kappa shape index (κ2) is 16.1. The van der Waals surface area contributed by atoms with Crippen molar-refractivity contribution in [3.05, 3.63) is 125 Å². The molecular formula is C35H38ClN3O5S. The first-order valence-electron chi connectivity index (χ1n) is 14.8. The Bertz CT molecular complexity index is 1630. The van der Waals surface area contributed by atoms with Gasteiger partial charge in [-0.05, 0) is 66.1 Å². The monoisotopic (exact) mass is 647 g/mol. The fraction of sp³-hybridized carbons (Fsp3) is 0.257. The number of nitrogens with zero attached hydrogens (tertiary/aromatic N) is 2. The predicted molar refractivity (Wildman–Crippen MR) is 178 cm³/mol. The van der Waals surface area contributed by atoms with Crippen molar-refractivity contribution in [2.75, 3.05) is 24.5 Å². The average Bonchev–Trinajstić information content (AvgIpc) is 3.06. The molecule has 0 fully saturated rings. The number of hydrogen-bond acceptors (Lipinski definition) is 5. The van der Waals surface area contributed by atoms with Crippen molar-refractivity contribution >= 4 is 39.1 Å². The Morgan fingerprint density at radius 2 is 1.44 bits per heavy atom. The van der Waals surface area contributed by atoms with Crippen LogP contribution < -0.4 is 14.4 Å². The third-order valence-corrected chi connectivity index (χ3v) is 9.38. The van der Waals surface area contributed by atoms with E-state index in [9.17, 15) is 18.0 Å². The molecule has 10 heteroatoms. The molecule has 4 rings (SSSR count). The van der Waals surface area contributed by atoms with E-state index in [1.807, 2.05) is 67.6 Å². The molecule has 1 N–H and O–H groups in total. The van der Waals surface area contributed by atoms with Crippen molar-refractivity contribution in [3.63, 3.8) is 0 Å². The van der Waals surface area contributed by atoms with Crippen molar-refractivity contribution in [2.24, 2.45) is 0 Å². The van der Waals surface area contributed by atoms with Crippen LogP contribution in [0.2, 0.25) is 5.02 Å². The van der Waals surface area contributed by atoms with Crippen LogP contribution in [0.4, 0.5) is 5.69 Å². The van der Waals surface area contributed by atoms with E-state index in [2.05, 4.69) is 5.32 Å². The van der Waals surface area contributed by atoms with Crippen molar-refractivity contribution in [2.45, 2.75) is 43.7 Å². The number of ether oxygens (including phenoxy) is 1. The maximum absolute atomic E-state index is 14.4. The Kier molecular flexibility index (Phi) is 12.0. The maximum atomic E-state index is 14.4. The molecule has 4 aromatic carbocycles. The fourth-order valence-electron chi connectivity index (χ4n) is 4.85. The summed E-state index contributed by atoms with van der Waals surface area (Å²) in [4.78, 5) is 29.7. The minimum absolute atomic E-state index is 0.0150. The Balaban J connectivity index is 1.77. The normalized spacial score (nSPS) is 11.8. The molecule has 0 aliphatic heterocycles. The van der Waals surface area contributed by atoms with E-state index in [0.717, 1.165) is 28.3 Å². The number of benzene rings is 4.